The second-order valence-electron chi connectivity index (χ2n) is 7.65. The molecule has 0 spiro atoms. The molecule has 3 aromatic rings. The monoisotopic (exact) mass is 457 g/mol. The van der Waals surface area contributed by atoms with Gasteiger partial charge in [0.25, 0.3) is 10.0 Å². The molecule has 0 unspecified atom stereocenters. The van der Waals surface area contributed by atoms with Gasteiger partial charge in [-0.2, -0.15) is 9.29 Å². The van der Waals surface area contributed by atoms with Crippen LogP contribution >= 0.6 is 11.3 Å². The second kappa shape index (κ2) is 8.94. The molecule has 1 fully saturated rings. The maximum absolute atomic E-state index is 13.0. The van der Waals surface area contributed by atoms with Crippen LogP contribution in [0.4, 0.5) is 17.5 Å². The predicted octanol–water partition coefficient (Wildman–Crippen LogP) is 3.97. The number of aromatic nitrogens is 2. The van der Waals surface area contributed by atoms with Gasteiger partial charge >= 0.3 is 0 Å². The lowest BCUT2D eigenvalue weighted by Gasteiger charge is -2.34. The Morgan fingerprint density at radius 1 is 1.00 bits per heavy atom. The fourth-order valence-electron chi connectivity index (χ4n) is 3.51. The molecular weight excluding hydrogens is 430 g/mol. The number of sulfonamides is 1. The minimum absolute atomic E-state index is 0.431. The molecule has 7 nitrogen and oxygen atoms in total. The van der Waals surface area contributed by atoms with Crippen LogP contribution in [0.1, 0.15) is 23.1 Å². The highest BCUT2D eigenvalue weighted by Gasteiger charge is 2.30. The van der Waals surface area contributed by atoms with Crippen molar-refractivity contribution in [3.8, 4) is 0 Å². The van der Waals surface area contributed by atoms with Gasteiger partial charge in [0.15, 0.2) is 0 Å². The molecule has 4 rings (SSSR count). The lowest BCUT2D eigenvalue weighted by atomic mass is 10.2. The molecule has 1 N–H and O–H groups in total. The third kappa shape index (κ3) is 4.89. The summed E-state index contributed by atoms with van der Waals surface area (Å²) >= 11 is 1.36. The highest BCUT2D eigenvalue weighted by atomic mass is 32.2. The molecule has 3 heterocycles. The van der Waals surface area contributed by atoms with E-state index in [1.165, 1.54) is 16.9 Å². The molecule has 0 bridgehead atoms. The zero-order valence-electron chi connectivity index (χ0n) is 18.0. The maximum atomic E-state index is 13.0. The van der Waals surface area contributed by atoms with E-state index in [4.69, 9.17) is 0 Å². The zero-order chi connectivity index (χ0) is 22.0. The summed E-state index contributed by atoms with van der Waals surface area (Å²) in [4.78, 5) is 12.4. The third-order valence-corrected chi connectivity index (χ3v) is 8.89. The van der Waals surface area contributed by atoms with E-state index < -0.39 is 10.0 Å². The number of nitrogens with zero attached hydrogens (tertiary/aromatic N) is 4. The summed E-state index contributed by atoms with van der Waals surface area (Å²) < 4.78 is 28.0. The van der Waals surface area contributed by atoms with E-state index in [-0.39, 0.29) is 0 Å². The molecular formula is C22H27N5O2S2. The van der Waals surface area contributed by atoms with Gasteiger partial charge in [-0.25, -0.2) is 13.4 Å². The van der Waals surface area contributed by atoms with Gasteiger partial charge < -0.3 is 10.2 Å². The van der Waals surface area contributed by atoms with Gasteiger partial charge in [-0.15, -0.1) is 11.3 Å². The molecule has 31 heavy (non-hydrogen) atoms. The van der Waals surface area contributed by atoms with E-state index in [2.05, 4.69) is 20.2 Å². The van der Waals surface area contributed by atoms with E-state index >= 15 is 0 Å². The van der Waals surface area contributed by atoms with Gasteiger partial charge in [0.05, 0.1) is 0 Å². The number of hydrogen-bond donors (Lipinski definition) is 1. The standard InChI is InChI=1S/C22H27N5O2S2/c1-4-19-9-10-21(30-19)31(28,29)27-13-11-26(12-14-27)20-15-17(3)23-22(25-20)24-18-7-5-16(2)6-8-18/h5-10,15H,4,11-14H2,1-3H3,(H,23,24,25). The van der Waals surface area contributed by atoms with E-state index in [1.807, 2.05) is 57.2 Å². The molecule has 2 aromatic heterocycles. The molecule has 164 valence electrons. The molecule has 1 aliphatic rings. The van der Waals surface area contributed by atoms with Crippen LogP contribution in [0, 0.1) is 13.8 Å². The number of rotatable bonds is 6. The fraction of sp³-hybridized carbons (Fsp3) is 0.364. The summed E-state index contributed by atoms with van der Waals surface area (Å²) in [6.45, 7) is 8.07. The number of piperazine rings is 1. The summed E-state index contributed by atoms with van der Waals surface area (Å²) in [5.41, 5.74) is 2.98. The Morgan fingerprint density at radius 3 is 2.35 bits per heavy atom. The normalized spacial score (nSPS) is 15.3. The predicted molar refractivity (Wildman–Crippen MR) is 126 cm³/mol. The molecule has 1 aliphatic heterocycles. The Morgan fingerprint density at radius 2 is 1.71 bits per heavy atom. The highest BCUT2D eigenvalue weighted by molar-refractivity contribution is 7.91. The Balaban J connectivity index is 1.46. The van der Waals surface area contributed by atoms with Gasteiger partial charge in [-0.1, -0.05) is 24.6 Å². The Kier molecular flexibility index (Phi) is 6.27. The van der Waals surface area contributed by atoms with Crippen LogP contribution in [0.2, 0.25) is 0 Å². The minimum Gasteiger partial charge on any atom is -0.354 e. The highest BCUT2D eigenvalue weighted by Crippen LogP contribution is 2.27. The van der Waals surface area contributed by atoms with Crippen molar-refractivity contribution in [2.45, 2.75) is 31.4 Å². The fourth-order valence-corrected chi connectivity index (χ4v) is 6.38. The molecule has 0 atom stereocenters. The Hall–Kier alpha value is -2.49. The number of nitrogens with one attached hydrogen (secondary N) is 1. The number of thiophene rings is 1. The van der Waals surface area contributed by atoms with Crippen molar-refractivity contribution >= 4 is 38.8 Å². The zero-order valence-corrected chi connectivity index (χ0v) is 19.6. The second-order valence-corrected chi connectivity index (χ2v) is 11.0. The van der Waals surface area contributed by atoms with Crippen LogP contribution in [0.25, 0.3) is 0 Å². The average molecular weight is 458 g/mol. The molecule has 0 saturated carbocycles. The van der Waals surface area contributed by atoms with E-state index in [1.54, 1.807) is 10.4 Å². The summed E-state index contributed by atoms with van der Waals surface area (Å²) in [7, 11) is -3.44. The van der Waals surface area contributed by atoms with Crippen molar-refractivity contribution in [3.05, 3.63) is 58.6 Å². The summed E-state index contributed by atoms with van der Waals surface area (Å²) in [5, 5.41) is 3.26. The van der Waals surface area contributed by atoms with Crippen molar-refractivity contribution in [1.82, 2.24) is 14.3 Å². The van der Waals surface area contributed by atoms with Crippen LogP contribution < -0.4 is 10.2 Å². The molecule has 0 aliphatic carbocycles. The van der Waals surface area contributed by atoms with Crippen molar-refractivity contribution < 1.29 is 8.42 Å². The van der Waals surface area contributed by atoms with Crippen LogP contribution in [0.3, 0.4) is 0 Å². The first kappa shape index (κ1) is 21.7. The van der Waals surface area contributed by atoms with E-state index in [0.29, 0.717) is 36.3 Å². The van der Waals surface area contributed by atoms with E-state index in [0.717, 1.165) is 28.5 Å². The number of hydrogen-bond acceptors (Lipinski definition) is 7. The summed E-state index contributed by atoms with van der Waals surface area (Å²) in [5.74, 6) is 1.35. The SMILES string of the molecule is CCc1ccc(S(=O)(=O)N2CCN(c3cc(C)nc(Nc4ccc(C)cc4)n3)CC2)s1. The van der Waals surface area contributed by atoms with Crippen LogP contribution in [-0.2, 0) is 16.4 Å². The van der Waals surface area contributed by atoms with Crippen molar-refractivity contribution in [2.75, 3.05) is 36.4 Å². The maximum Gasteiger partial charge on any atom is 0.252 e. The Bertz CT molecular complexity index is 1150. The lowest BCUT2D eigenvalue weighted by molar-refractivity contribution is 0.384. The number of benzene rings is 1. The number of anilines is 3. The first-order valence-electron chi connectivity index (χ1n) is 10.4. The average Bonchev–Trinajstić information content (AvgIpc) is 3.25. The first-order valence-corrected chi connectivity index (χ1v) is 12.6. The molecule has 1 aromatic carbocycles. The van der Waals surface area contributed by atoms with Gasteiger partial charge in [-0.05, 0) is 44.5 Å². The molecule has 0 amide bonds. The summed E-state index contributed by atoms with van der Waals surface area (Å²) in [6, 6.07) is 13.6. The Labute approximate surface area is 187 Å². The number of aryl methyl sites for hydroxylation is 3. The van der Waals surface area contributed by atoms with Crippen molar-refractivity contribution in [3.63, 3.8) is 0 Å². The van der Waals surface area contributed by atoms with Gasteiger partial charge in [0.1, 0.15) is 10.0 Å². The molecule has 9 heteroatoms. The smallest absolute Gasteiger partial charge is 0.252 e. The van der Waals surface area contributed by atoms with Gasteiger partial charge in [-0.3, -0.25) is 0 Å². The summed E-state index contributed by atoms with van der Waals surface area (Å²) in [6.07, 6.45) is 0.847. The molecule has 1 saturated heterocycles. The van der Waals surface area contributed by atoms with Crippen molar-refractivity contribution in [1.29, 1.82) is 0 Å². The van der Waals surface area contributed by atoms with Crippen LogP contribution in [-0.4, -0.2) is 48.9 Å². The van der Waals surface area contributed by atoms with E-state index in [9.17, 15) is 8.42 Å². The van der Waals surface area contributed by atoms with Crippen LogP contribution in [0.5, 0.6) is 0 Å². The van der Waals surface area contributed by atoms with Crippen molar-refractivity contribution in [2.24, 2.45) is 0 Å². The third-order valence-electron chi connectivity index (χ3n) is 5.29. The van der Waals surface area contributed by atoms with Gasteiger partial charge in [0.2, 0.25) is 5.95 Å². The minimum atomic E-state index is -3.44. The first-order chi connectivity index (χ1) is 14.8. The largest absolute Gasteiger partial charge is 0.354 e. The lowest BCUT2D eigenvalue weighted by Crippen LogP contribution is -2.48. The quantitative estimate of drug-likeness (QED) is 0.603. The molecule has 0 radical (unpaired) electrons. The van der Waals surface area contributed by atoms with Gasteiger partial charge in [0, 0.05) is 48.5 Å². The van der Waals surface area contributed by atoms with Crippen LogP contribution in [0.15, 0.2) is 46.7 Å². The topological polar surface area (TPSA) is 78.4 Å².